The lowest BCUT2D eigenvalue weighted by Gasteiger charge is -2.34. The molecule has 10 heteroatoms. The second-order valence-electron chi connectivity index (χ2n) is 9.99. The van der Waals surface area contributed by atoms with Crippen molar-refractivity contribution in [2.24, 2.45) is 27.7 Å². The van der Waals surface area contributed by atoms with Crippen LogP contribution in [0.15, 0.2) is 82.4 Å². The number of amides is 2. The van der Waals surface area contributed by atoms with Crippen molar-refractivity contribution in [3.8, 4) is 0 Å². The fraction of sp³-hybridized carbons (Fsp3) is 0.321. The van der Waals surface area contributed by atoms with Crippen LogP contribution in [0.1, 0.15) is 35.2 Å². The van der Waals surface area contributed by atoms with Gasteiger partial charge in [0.2, 0.25) is 11.6 Å². The van der Waals surface area contributed by atoms with Gasteiger partial charge in [-0.15, -0.1) is 4.59 Å². The van der Waals surface area contributed by atoms with Gasteiger partial charge in [0.25, 0.3) is 11.7 Å². The van der Waals surface area contributed by atoms with E-state index in [1.807, 2.05) is 29.3 Å². The molecule has 3 N–H and O–H groups in total. The molecule has 4 aliphatic heterocycles. The van der Waals surface area contributed by atoms with Crippen LogP contribution in [-0.4, -0.2) is 64.6 Å². The first-order valence-corrected chi connectivity index (χ1v) is 12.9. The summed E-state index contributed by atoms with van der Waals surface area (Å²) in [6, 6.07) is 12.6. The summed E-state index contributed by atoms with van der Waals surface area (Å²) < 4.78 is 5.35. The third-order valence-corrected chi connectivity index (χ3v) is 7.53. The third-order valence-electron chi connectivity index (χ3n) is 7.53. The number of pyridine rings is 1. The van der Waals surface area contributed by atoms with E-state index >= 15 is 0 Å². The number of allylic oxidation sites excluding steroid dienone is 1. The number of amidine groups is 1. The number of nitrogens with one attached hydrogen (secondary N) is 1. The lowest BCUT2D eigenvalue weighted by molar-refractivity contribution is -0.750. The molecule has 0 spiro atoms. The molecule has 2 aromatic rings. The molecule has 0 bridgehead atoms. The number of piperidine rings is 1. The van der Waals surface area contributed by atoms with Crippen LogP contribution in [0.4, 0.5) is 5.82 Å². The highest BCUT2D eigenvalue weighted by Crippen LogP contribution is 2.37. The molecule has 4 aliphatic rings. The molecular weight excluding hydrogens is 482 g/mol. The number of carbonyl (C=O) groups is 2. The topological polar surface area (TPSA) is 122 Å². The Morgan fingerprint density at radius 2 is 2.00 bits per heavy atom. The van der Waals surface area contributed by atoms with Gasteiger partial charge in [-0.25, -0.2) is 4.98 Å². The van der Waals surface area contributed by atoms with Crippen LogP contribution < -0.4 is 11.2 Å². The molecule has 1 aromatic carbocycles. The Morgan fingerprint density at radius 3 is 2.76 bits per heavy atom. The van der Waals surface area contributed by atoms with Gasteiger partial charge in [0, 0.05) is 37.4 Å². The maximum absolute atomic E-state index is 13.1. The fourth-order valence-corrected chi connectivity index (χ4v) is 5.49. The number of ether oxygens (including phenoxy) is 1. The van der Waals surface area contributed by atoms with Gasteiger partial charge < -0.3 is 15.0 Å². The Morgan fingerprint density at radius 1 is 1.13 bits per heavy atom. The van der Waals surface area contributed by atoms with Crippen molar-refractivity contribution in [1.82, 2.24) is 9.88 Å². The zero-order valence-electron chi connectivity index (χ0n) is 21.0. The predicted octanol–water partition coefficient (Wildman–Crippen LogP) is 2.83. The fourth-order valence-electron chi connectivity index (χ4n) is 5.49. The van der Waals surface area contributed by atoms with Gasteiger partial charge in [0.15, 0.2) is 0 Å². The van der Waals surface area contributed by atoms with Crippen LogP contribution in [0, 0.1) is 11.8 Å². The largest absolute Gasteiger partial charge is 0.381 e. The van der Waals surface area contributed by atoms with Gasteiger partial charge in [0.05, 0.1) is 30.5 Å². The van der Waals surface area contributed by atoms with E-state index in [-0.39, 0.29) is 28.2 Å². The number of quaternary nitrogens is 1. The number of nitrogens with zero attached hydrogens (tertiary/aromatic N) is 5. The zero-order valence-corrected chi connectivity index (χ0v) is 21.0. The maximum Gasteiger partial charge on any atom is 0.264 e. The first kappa shape index (κ1) is 24.4. The lowest BCUT2D eigenvalue weighted by Crippen LogP contribution is -2.53. The number of likely N-dealkylation sites (tertiary alicyclic amines) is 1. The molecule has 194 valence electrons. The molecule has 0 aliphatic carbocycles. The number of fused-ring (bicyclic) bond motifs is 1. The minimum absolute atomic E-state index is 0.0500. The number of nitrogens with two attached hydrogens (primary N) is 1. The normalized spacial score (nSPS) is 26.3. The first-order valence-electron chi connectivity index (χ1n) is 12.9. The van der Waals surface area contributed by atoms with Crippen LogP contribution >= 0.6 is 0 Å². The highest BCUT2D eigenvalue weighted by Gasteiger charge is 2.46. The van der Waals surface area contributed by atoms with E-state index in [9.17, 15) is 9.59 Å². The van der Waals surface area contributed by atoms with Crippen molar-refractivity contribution in [3.05, 3.63) is 83.6 Å². The van der Waals surface area contributed by atoms with Crippen molar-refractivity contribution < 1.29 is 18.9 Å². The molecule has 38 heavy (non-hydrogen) atoms. The van der Waals surface area contributed by atoms with Crippen molar-refractivity contribution in [1.29, 1.82) is 0 Å². The predicted molar refractivity (Wildman–Crippen MR) is 143 cm³/mol. The smallest absolute Gasteiger partial charge is 0.264 e. The van der Waals surface area contributed by atoms with E-state index < -0.39 is 0 Å². The number of hydrogen-bond acceptors (Lipinski definition) is 7. The van der Waals surface area contributed by atoms with E-state index in [1.54, 1.807) is 42.9 Å². The highest BCUT2D eigenvalue weighted by atomic mass is 16.5. The molecule has 1 aromatic heterocycles. The average molecular weight is 513 g/mol. The van der Waals surface area contributed by atoms with Crippen molar-refractivity contribution in [3.63, 3.8) is 0 Å². The summed E-state index contributed by atoms with van der Waals surface area (Å²) in [5, 5.41) is 2.80. The Labute approximate surface area is 220 Å². The molecule has 10 nitrogen and oxygen atoms in total. The summed E-state index contributed by atoms with van der Waals surface area (Å²) in [5.74, 6) is 8.00. The first-order chi connectivity index (χ1) is 18.5. The van der Waals surface area contributed by atoms with Crippen molar-refractivity contribution in [2.45, 2.75) is 19.3 Å². The molecule has 0 saturated carbocycles. The van der Waals surface area contributed by atoms with Crippen LogP contribution in [0.3, 0.4) is 0 Å². The van der Waals surface area contributed by atoms with Crippen LogP contribution in [0.2, 0.25) is 0 Å². The molecule has 0 radical (unpaired) electrons. The van der Waals surface area contributed by atoms with Crippen LogP contribution in [0.5, 0.6) is 0 Å². The van der Waals surface area contributed by atoms with E-state index in [1.165, 1.54) is 0 Å². The summed E-state index contributed by atoms with van der Waals surface area (Å²) in [6.45, 7) is 2.52. The van der Waals surface area contributed by atoms with E-state index in [4.69, 9.17) is 15.6 Å². The van der Waals surface area contributed by atoms with Crippen LogP contribution in [-0.2, 0) is 9.53 Å². The SMILES string of the molecule is N[N+]12C=CN=CC1=C([C@@H]1CCCN(C(=O)C3CCOC3)C1)N=C2c1ccc(C(=O)Nc2ccccn2)cc1. The lowest BCUT2D eigenvalue weighted by atomic mass is 9.92. The zero-order chi connectivity index (χ0) is 26.1. The third kappa shape index (κ3) is 4.47. The van der Waals surface area contributed by atoms with Gasteiger partial charge in [-0.2, -0.15) is 10.8 Å². The van der Waals surface area contributed by atoms with Crippen LogP contribution in [0.25, 0.3) is 0 Å². The van der Waals surface area contributed by atoms with Gasteiger partial charge in [0.1, 0.15) is 17.7 Å². The molecule has 2 amide bonds. The minimum atomic E-state index is -0.246. The Hall–Kier alpha value is -3.99. The summed E-state index contributed by atoms with van der Waals surface area (Å²) >= 11 is 0. The molecule has 2 saturated heterocycles. The summed E-state index contributed by atoms with van der Waals surface area (Å²) in [6.07, 6.45) is 9.49. The summed E-state index contributed by atoms with van der Waals surface area (Å²) in [4.78, 5) is 41.3. The highest BCUT2D eigenvalue weighted by molar-refractivity contribution is 6.05. The Kier molecular flexibility index (Phi) is 6.44. The number of rotatable bonds is 5. The van der Waals surface area contributed by atoms with Crippen molar-refractivity contribution in [2.75, 3.05) is 31.6 Å². The monoisotopic (exact) mass is 512 g/mol. The second kappa shape index (κ2) is 10.1. The number of aromatic nitrogens is 1. The Bertz CT molecular complexity index is 1360. The molecule has 2 unspecified atom stereocenters. The van der Waals surface area contributed by atoms with Gasteiger partial charge in [-0.3, -0.25) is 14.6 Å². The standard InChI is InChI=1S/C28H29N7O3/c29-35-14-12-30-16-23(35)25(21-4-3-13-34(17-21)28(37)22-10-15-38-18-22)33-26(35)19-6-8-20(9-7-19)27(36)32-24-5-1-2-11-31-24/h1-2,5-9,11-12,14,16,21-22H,3-4,10,13,15,17-18,29H2/p+1/t21-,22?,35?/m1/s1. The number of carbonyl (C=O) groups excluding carboxylic acids is 2. The molecule has 3 atom stereocenters. The van der Waals surface area contributed by atoms with E-state index in [0.717, 1.165) is 42.8 Å². The molecule has 6 rings (SSSR count). The minimum Gasteiger partial charge on any atom is -0.381 e. The van der Waals surface area contributed by atoms with E-state index in [2.05, 4.69) is 15.3 Å². The van der Waals surface area contributed by atoms with Crippen molar-refractivity contribution >= 4 is 29.7 Å². The summed E-state index contributed by atoms with van der Waals surface area (Å²) in [7, 11) is 0. The second-order valence-corrected chi connectivity index (χ2v) is 9.99. The van der Waals surface area contributed by atoms with E-state index in [0.29, 0.717) is 37.0 Å². The number of anilines is 1. The van der Waals surface area contributed by atoms with Gasteiger partial charge in [-0.1, -0.05) is 6.07 Å². The van der Waals surface area contributed by atoms with Gasteiger partial charge in [-0.05, 0) is 55.7 Å². The maximum atomic E-state index is 13.1. The number of benzene rings is 1. The molecule has 2 fully saturated rings. The number of aliphatic imine (C=N–C) groups is 2. The average Bonchev–Trinajstić information content (AvgIpc) is 3.60. The summed E-state index contributed by atoms with van der Waals surface area (Å²) in [5.41, 5.74) is 2.99. The van der Waals surface area contributed by atoms with Gasteiger partial charge >= 0.3 is 0 Å². The number of hydrogen-bond donors (Lipinski definition) is 2. The molecule has 5 heterocycles. The quantitative estimate of drug-likeness (QED) is 0.471. The molecular formula is C28H30N7O3+. The Balaban J connectivity index is 1.25.